The molecule has 0 atom stereocenters. The van der Waals surface area contributed by atoms with Crippen molar-refractivity contribution in [2.24, 2.45) is 5.14 Å². The molecular weight excluding hydrogens is 360 g/mol. The van der Waals surface area contributed by atoms with Crippen LogP contribution in [0.15, 0.2) is 71.6 Å². The average Bonchev–Trinajstić information content (AvgIpc) is 2.52. The molecule has 0 amide bonds. The molecule has 0 heterocycles. The van der Waals surface area contributed by atoms with Crippen molar-refractivity contribution in [3.05, 3.63) is 72.3 Å². The van der Waals surface area contributed by atoms with Gasteiger partial charge in [0, 0.05) is 5.69 Å². The van der Waals surface area contributed by atoms with Gasteiger partial charge >= 0.3 is 0 Å². The standard InChI is InChI=1S/C17H16N2O4S2/c18-24(20,21)12-13-4-3-7-16(10-13)19-25(22,23)17-9-8-14-5-1-2-6-15(14)11-17/h1-11,19H,12H2,(H2,18,20,21). The fraction of sp³-hybridized carbons (Fsp3) is 0.0588. The Morgan fingerprint density at radius 3 is 2.24 bits per heavy atom. The largest absolute Gasteiger partial charge is 0.280 e. The van der Waals surface area contributed by atoms with Gasteiger partial charge in [0.1, 0.15) is 0 Å². The maximum absolute atomic E-state index is 12.6. The number of anilines is 1. The molecule has 3 aromatic rings. The molecule has 130 valence electrons. The Balaban J connectivity index is 1.91. The molecule has 0 aromatic heterocycles. The highest BCUT2D eigenvalue weighted by molar-refractivity contribution is 7.92. The maximum atomic E-state index is 12.6. The van der Waals surface area contributed by atoms with Gasteiger partial charge < -0.3 is 0 Å². The molecule has 0 unspecified atom stereocenters. The minimum atomic E-state index is -3.80. The van der Waals surface area contributed by atoms with Gasteiger partial charge in [-0.25, -0.2) is 22.0 Å². The monoisotopic (exact) mass is 376 g/mol. The molecule has 3 rings (SSSR count). The molecule has 0 spiro atoms. The van der Waals surface area contributed by atoms with E-state index in [-0.39, 0.29) is 16.3 Å². The van der Waals surface area contributed by atoms with Crippen molar-refractivity contribution in [3.63, 3.8) is 0 Å². The van der Waals surface area contributed by atoms with Crippen LogP contribution in [-0.4, -0.2) is 16.8 Å². The number of benzene rings is 3. The van der Waals surface area contributed by atoms with E-state index in [0.29, 0.717) is 5.56 Å². The van der Waals surface area contributed by atoms with E-state index < -0.39 is 20.0 Å². The summed E-state index contributed by atoms with van der Waals surface area (Å²) in [7, 11) is -7.49. The lowest BCUT2D eigenvalue weighted by atomic mass is 10.1. The highest BCUT2D eigenvalue weighted by Gasteiger charge is 2.15. The maximum Gasteiger partial charge on any atom is 0.261 e. The van der Waals surface area contributed by atoms with E-state index in [2.05, 4.69) is 4.72 Å². The second kappa shape index (κ2) is 6.47. The molecule has 0 aliphatic carbocycles. The van der Waals surface area contributed by atoms with Gasteiger partial charge in [-0.05, 0) is 40.6 Å². The lowest BCUT2D eigenvalue weighted by molar-refractivity contribution is 0.596. The number of primary sulfonamides is 1. The Kier molecular flexibility index (Phi) is 4.51. The summed E-state index contributed by atoms with van der Waals surface area (Å²) in [5.74, 6) is -0.363. The number of nitrogens with two attached hydrogens (primary N) is 1. The minimum absolute atomic E-state index is 0.128. The Morgan fingerprint density at radius 2 is 1.52 bits per heavy atom. The van der Waals surface area contributed by atoms with Crippen molar-refractivity contribution in [2.75, 3.05) is 4.72 Å². The van der Waals surface area contributed by atoms with E-state index in [4.69, 9.17) is 5.14 Å². The van der Waals surface area contributed by atoms with Crippen LogP contribution in [0, 0.1) is 0 Å². The number of rotatable bonds is 5. The molecule has 0 fully saturated rings. The predicted molar refractivity (Wildman–Crippen MR) is 98.0 cm³/mol. The van der Waals surface area contributed by atoms with Crippen LogP contribution in [0.4, 0.5) is 5.69 Å². The van der Waals surface area contributed by atoms with Crippen LogP contribution in [0.3, 0.4) is 0 Å². The lowest BCUT2D eigenvalue weighted by Gasteiger charge is -2.10. The smallest absolute Gasteiger partial charge is 0.261 e. The Labute approximate surface area is 146 Å². The Morgan fingerprint density at radius 1 is 0.800 bits per heavy atom. The number of sulfonamides is 2. The molecule has 25 heavy (non-hydrogen) atoms. The van der Waals surface area contributed by atoms with Gasteiger partial charge in [0.2, 0.25) is 10.0 Å². The van der Waals surface area contributed by atoms with E-state index in [1.165, 1.54) is 12.1 Å². The molecule has 0 saturated heterocycles. The van der Waals surface area contributed by atoms with E-state index in [0.717, 1.165) is 10.8 Å². The molecule has 0 aliphatic heterocycles. The normalized spacial score (nSPS) is 12.2. The third-order valence-electron chi connectivity index (χ3n) is 3.58. The first-order valence-electron chi connectivity index (χ1n) is 7.34. The summed E-state index contributed by atoms with van der Waals surface area (Å²) in [5, 5.41) is 6.78. The predicted octanol–water partition coefficient (Wildman–Crippen LogP) is 2.43. The Hall–Kier alpha value is -2.42. The quantitative estimate of drug-likeness (QED) is 0.713. The van der Waals surface area contributed by atoms with Crippen LogP contribution < -0.4 is 9.86 Å². The van der Waals surface area contributed by atoms with Crippen LogP contribution in [0.2, 0.25) is 0 Å². The van der Waals surface area contributed by atoms with Crippen molar-refractivity contribution in [2.45, 2.75) is 10.6 Å². The summed E-state index contributed by atoms with van der Waals surface area (Å²) in [6.45, 7) is 0. The van der Waals surface area contributed by atoms with Gasteiger partial charge in [-0.1, -0.05) is 42.5 Å². The molecule has 3 aromatic carbocycles. The third kappa shape index (κ3) is 4.36. The molecular formula is C17H16N2O4S2. The van der Waals surface area contributed by atoms with Gasteiger partial charge in [-0.3, -0.25) is 4.72 Å². The second-order valence-electron chi connectivity index (χ2n) is 5.62. The molecule has 0 aliphatic rings. The minimum Gasteiger partial charge on any atom is -0.280 e. The van der Waals surface area contributed by atoms with Gasteiger partial charge in [0.25, 0.3) is 10.0 Å². The molecule has 0 saturated carbocycles. The van der Waals surface area contributed by atoms with Crippen molar-refractivity contribution >= 4 is 36.5 Å². The number of hydrogen-bond donors (Lipinski definition) is 2. The summed E-state index contributed by atoms with van der Waals surface area (Å²) in [6.07, 6.45) is 0. The van der Waals surface area contributed by atoms with E-state index >= 15 is 0 Å². The zero-order valence-electron chi connectivity index (χ0n) is 13.1. The van der Waals surface area contributed by atoms with Crippen LogP contribution >= 0.6 is 0 Å². The van der Waals surface area contributed by atoms with Crippen molar-refractivity contribution in [1.82, 2.24) is 0 Å². The third-order valence-corrected chi connectivity index (χ3v) is 5.69. The summed E-state index contributed by atoms with van der Waals surface area (Å²) >= 11 is 0. The van der Waals surface area contributed by atoms with Gasteiger partial charge in [-0.15, -0.1) is 0 Å². The van der Waals surface area contributed by atoms with Crippen molar-refractivity contribution in [1.29, 1.82) is 0 Å². The SMILES string of the molecule is NS(=O)(=O)Cc1cccc(NS(=O)(=O)c2ccc3ccccc3c2)c1. The van der Waals surface area contributed by atoms with Crippen LogP contribution in [0.5, 0.6) is 0 Å². The van der Waals surface area contributed by atoms with Crippen LogP contribution in [0.1, 0.15) is 5.56 Å². The van der Waals surface area contributed by atoms with E-state index in [1.54, 1.807) is 30.3 Å². The first-order valence-corrected chi connectivity index (χ1v) is 10.5. The molecule has 6 nitrogen and oxygen atoms in total. The lowest BCUT2D eigenvalue weighted by Crippen LogP contribution is -2.15. The highest BCUT2D eigenvalue weighted by atomic mass is 32.2. The summed E-state index contributed by atoms with van der Waals surface area (Å²) < 4.78 is 50.0. The summed E-state index contributed by atoms with van der Waals surface area (Å²) in [5.41, 5.74) is 0.676. The van der Waals surface area contributed by atoms with Crippen LogP contribution in [0.25, 0.3) is 10.8 Å². The zero-order valence-corrected chi connectivity index (χ0v) is 14.7. The van der Waals surface area contributed by atoms with Gasteiger partial charge in [-0.2, -0.15) is 0 Å². The number of fused-ring (bicyclic) bond motifs is 1. The summed E-state index contributed by atoms with van der Waals surface area (Å²) in [4.78, 5) is 0.128. The molecule has 0 radical (unpaired) electrons. The van der Waals surface area contributed by atoms with Gasteiger partial charge in [0.15, 0.2) is 0 Å². The first-order chi connectivity index (χ1) is 11.7. The Bertz CT molecular complexity index is 1140. The van der Waals surface area contributed by atoms with Crippen molar-refractivity contribution < 1.29 is 16.8 Å². The van der Waals surface area contributed by atoms with E-state index in [1.807, 2.05) is 24.3 Å². The fourth-order valence-electron chi connectivity index (χ4n) is 2.51. The molecule has 3 N–H and O–H groups in total. The topological polar surface area (TPSA) is 106 Å². The average molecular weight is 376 g/mol. The van der Waals surface area contributed by atoms with Crippen LogP contribution in [-0.2, 0) is 25.8 Å². The number of hydrogen-bond acceptors (Lipinski definition) is 4. The highest BCUT2D eigenvalue weighted by Crippen LogP contribution is 2.22. The first kappa shape index (κ1) is 17.4. The fourth-order valence-corrected chi connectivity index (χ4v) is 4.23. The molecule has 8 heteroatoms. The molecule has 0 bridgehead atoms. The number of nitrogens with one attached hydrogen (secondary N) is 1. The van der Waals surface area contributed by atoms with Gasteiger partial charge in [0.05, 0.1) is 10.6 Å². The zero-order chi connectivity index (χ0) is 18.1. The van der Waals surface area contributed by atoms with Crippen molar-refractivity contribution in [3.8, 4) is 0 Å². The van der Waals surface area contributed by atoms with E-state index in [9.17, 15) is 16.8 Å². The summed E-state index contributed by atoms with van der Waals surface area (Å²) in [6, 6.07) is 18.4. The second-order valence-corrected chi connectivity index (χ2v) is 8.92.